The topological polar surface area (TPSA) is 67.9 Å². The molecule has 146 valence electrons. The number of halogens is 1. The lowest BCUT2D eigenvalue weighted by molar-refractivity contribution is -0.126. The fraction of sp³-hybridized carbons (Fsp3) is 0.273. The van der Waals surface area contributed by atoms with Gasteiger partial charge in [-0.05, 0) is 31.2 Å². The van der Waals surface area contributed by atoms with E-state index >= 15 is 0 Å². The molecule has 2 aromatic rings. The van der Waals surface area contributed by atoms with Gasteiger partial charge in [0.15, 0.2) is 0 Å². The Morgan fingerprint density at radius 2 is 1.62 bits per heavy atom. The van der Waals surface area contributed by atoms with E-state index < -0.39 is 24.0 Å². The highest BCUT2D eigenvalue weighted by molar-refractivity contribution is 6.31. The third-order valence-electron chi connectivity index (χ3n) is 6.29. The maximum atomic E-state index is 13.3. The zero-order valence-corrected chi connectivity index (χ0v) is 16.2. The van der Waals surface area contributed by atoms with E-state index in [1.165, 1.54) is 4.90 Å². The number of aryl methyl sites for hydroxylation is 1. The van der Waals surface area contributed by atoms with Crippen LogP contribution in [0.3, 0.4) is 0 Å². The molecule has 4 heterocycles. The summed E-state index contributed by atoms with van der Waals surface area (Å²) in [6, 6.07) is 14.8. The predicted molar refractivity (Wildman–Crippen MR) is 106 cm³/mol. The van der Waals surface area contributed by atoms with Crippen molar-refractivity contribution in [3.05, 3.63) is 70.3 Å². The van der Waals surface area contributed by atoms with Gasteiger partial charge in [0.2, 0.25) is 11.8 Å². The van der Waals surface area contributed by atoms with Gasteiger partial charge >= 0.3 is 0 Å². The van der Waals surface area contributed by atoms with Crippen LogP contribution in [0.2, 0.25) is 5.02 Å². The van der Waals surface area contributed by atoms with Gasteiger partial charge in [-0.25, -0.2) is 4.90 Å². The van der Waals surface area contributed by atoms with Crippen molar-refractivity contribution < 1.29 is 19.2 Å². The number of imide groups is 1. The first-order valence-corrected chi connectivity index (χ1v) is 9.94. The van der Waals surface area contributed by atoms with E-state index in [-0.39, 0.29) is 17.9 Å². The smallest absolute Gasteiger partial charge is 0.240 e. The minimum absolute atomic E-state index is 0.226. The quantitative estimate of drug-likeness (QED) is 0.774. The third-order valence-corrected chi connectivity index (χ3v) is 6.55. The number of amides is 2. The number of hydroxylamine groups is 1. The van der Waals surface area contributed by atoms with Gasteiger partial charge in [0.1, 0.15) is 12.2 Å². The van der Waals surface area contributed by atoms with E-state index in [1.54, 1.807) is 24.3 Å². The normalized spacial score (nSPS) is 32.1. The molecule has 3 fully saturated rings. The highest BCUT2D eigenvalue weighted by Gasteiger charge is 2.69. The third kappa shape index (κ3) is 2.25. The maximum Gasteiger partial charge on any atom is 0.240 e. The summed E-state index contributed by atoms with van der Waals surface area (Å²) in [4.78, 5) is 33.5. The molecule has 0 spiro atoms. The van der Waals surface area contributed by atoms with Crippen molar-refractivity contribution in [2.75, 3.05) is 4.90 Å². The SMILES string of the molecule is Cc1ccc(C2=C3[C@@H](ON2)[C@@H]2O[C@H]3[C@H]3C(=O)N(c4ccc(Cl)cc4)C(=O)[C@@H]23)cc1. The summed E-state index contributed by atoms with van der Waals surface area (Å²) in [5.74, 6) is -1.52. The number of nitrogens with one attached hydrogen (secondary N) is 1. The number of rotatable bonds is 2. The fourth-order valence-corrected chi connectivity index (χ4v) is 5.09. The van der Waals surface area contributed by atoms with E-state index in [2.05, 4.69) is 5.48 Å². The van der Waals surface area contributed by atoms with Crippen LogP contribution in [0.1, 0.15) is 11.1 Å². The molecular formula is C22H17ClN2O4. The van der Waals surface area contributed by atoms with Crippen LogP contribution in [0.15, 0.2) is 54.1 Å². The Balaban J connectivity index is 1.40. The van der Waals surface area contributed by atoms with Gasteiger partial charge in [-0.15, -0.1) is 0 Å². The molecule has 6 nitrogen and oxygen atoms in total. The number of hydrogen-bond donors (Lipinski definition) is 1. The van der Waals surface area contributed by atoms with Crippen molar-refractivity contribution in [3.8, 4) is 0 Å². The molecule has 2 bridgehead atoms. The van der Waals surface area contributed by atoms with Gasteiger partial charge < -0.3 is 4.74 Å². The molecule has 4 aliphatic rings. The lowest BCUT2D eigenvalue weighted by Crippen LogP contribution is -2.40. The largest absolute Gasteiger partial charge is 0.366 e. The Morgan fingerprint density at radius 1 is 0.931 bits per heavy atom. The molecule has 4 aliphatic heterocycles. The molecule has 0 aromatic heterocycles. The lowest BCUT2D eigenvalue weighted by atomic mass is 9.76. The Morgan fingerprint density at radius 3 is 2.34 bits per heavy atom. The van der Waals surface area contributed by atoms with Crippen molar-refractivity contribution in [2.45, 2.75) is 25.2 Å². The zero-order chi connectivity index (χ0) is 19.9. The maximum absolute atomic E-state index is 13.3. The van der Waals surface area contributed by atoms with Crippen LogP contribution >= 0.6 is 11.6 Å². The zero-order valence-electron chi connectivity index (χ0n) is 15.5. The molecule has 6 rings (SSSR count). The Bertz CT molecular complexity index is 1080. The van der Waals surface area contributed by atoms with Crippen LogP contribution in [0.5, 0.6) is 0 Å². The van der Waals surface area contributed by atoms with Gasteiger partial charge in [0.25, 0.3) is 0 Å². The highest BCUT2D eigenvalue weighted by atomic mass is 35.5. The molecule has 29 heavy (non-hydrogen) atoms. The molecule has 0 radical (unpaired) electrons. The minimum Gasteiger partial charge on any atom is -0.366 e. The Kier molecular flexibility index (Phi) is 3.51. The summed E-state index contributed by atoms with van der Waals surface area (Å²) in [7, 11) is 0. The van der Waals surface area contributed by atoms with E-state index in [9.17, 15) is 9.59 Å². The number of ether oxygens (including phenoxy) is 1. The first-order chi connectivity index (χ1) is 14.0. The average Bonchev–Trinajstić information content (AvgIpc) is 3.44. The average molecular weight is 409 g/mol. The number of benzene rings is 2. The summed E-state index contributed by atoms with van der Waals surface area (Å²) in [5, 5.41) is 0.554. The predicted octanol–water partition coefficient (Wildman–Crippen LogP) is 2.85. The Hall–Kier alpha value is -2.67. The minimum atomic E-state index is -0.531. The summed E-state index contributed by atoms with van der Waals surface area (Å²) in [6.07, 6.45) is -1.29. The van der Waals surface area contributed by atoms with E-state index in [0.29, 0.717) is 10.7 Å². The second-order valence-corrected chi connectivity index (χ2v) is 8.33. The summed E-state index contributed by atoms with van der Waals surface area (Å²) < 4.78 is 6.11. The lowest BCUT2D eigenvalue weighted by Gasteiger charge is -2.22. The van der Waals surface area contributed by atoms with E-state index in [4.69, 9.17) is 21.2 Å². The van der Waals surface area contributed by atoms with Crippen LogP contribution in [0.4, 0.5) is 5.69 Å². The van der Waals surface area contributed by atoms with Crippen molar-refractivity contribution in [3.63, 3.8) is 0 Å². The number of nitrogens with zero attached hydrogens (tertiary/aromatic N) is 1. The molecule has 7 heteroatoms. The van der Waals surface area contributed by atoms with Crippen molar-refractivity contribution in [1.29, 1.82) is 0 Å². The second kappa shape index (κ2) is 5.92. The van der Waals surface area contributed by atoms with Crippen molar-refractivity contribution >= 4 is 34.8 Å². The van der Waals surface area contributed by atoms with E-state index in [1.807, 2.05) is 31.2 Å². The van der Waals surface area contributed by atoms with Crippen LogP contribution in [-0.2, 0) is 19.2 Å². The van der Waals surface area contributed by atoms with Crippen LogP contribution in [-0.4, -0.2) is 30.1 Å². The molecule has 0 aliphatic carbocycles. The Labute approximate surface area is 172 Å². The molecule has 0 unspecified atom stereocenters. The molecule has 2 amide bonds. The van der Waals surface area contributed by atoms with Gasteiger partial charge in [0, 0.05) is 16.2 Å². The van der Waals surface area contributed by atoms with Crippen molar-refractivity contribution in [1.82, 2.24) is 5.48 Å². The summed E-state index contributed by atoms with van der Waals surface area (Å²) in [6.45, 7) is 2.03. The highest BCUT2D eigenvalue weighted by Crippen LogP contribution is 2.55. The second-order valence-electron chi connectivity index (χ2n) is 7.90. The molecule has 2 aromatic carbocycles. The molecular weight excluding hydrogens is 392 g/mol. The first kappa shape index (κ1) is 17.2. The van der Waals surface area contributed by atoms with Crippen LogP contribution < -0.4 is 10.4 Å². The molecule has 0 saturated carbocycles. The van der Waals surface area contributed by atoms with Gasteiger partial charge in [-0.3, -0.25) is 19.9 Å². The molecule has 1 N–H and O–H groups in total. The number of anilines is 1. The fourth-order valence-electron chi connectivity index (χ4n) is 4.97. The summed E-state index contributed by atoms with van der Waals surface area (Å²) in [5.41, 5.74) is 7.46. The molecule has 5 atom stereocenters. The number of carbonyl (C=O) groups is 2. The monoisotopic (exact) mass is 408 g/mol. The van der Waals surface area contributed by atoms with Gasteiger partial charge in [-0.2, -0.15) is 0 Å². The number of fused-ring (bicyclic) bond motifs is 8. The van der Waals surface area contributed by atoms with Gasteiger partial charge in [-0.1, -0.05) is 41.4 Å². The standard InChI is InChI=1S/C22H17ClN2O4/c1-10-2-4-11(5-3-10)17-16-18-14-15(19(28-18)20(16)29-24-17)22(27)25(21(14)26)13-8-6-12(23)7-9-13/h2-9,14-15,18-20,24H,1H3/t14-,15+,18-,19+,20+/m0/s1. The number of hydrogen-bond acceptors (Lipinski definition) is 5. The number of carbonyl (C=O) groups excluding carboxylic acids is 2. The van der Waals surface area contributed by atoms with Crippen LogP contribution in [0, 0.1) is 18.8 Å². The molecule has 3 saturated heterocycles. The van der Waals surface area contributed by atoms with Crippen LogP contribution in [0.25, 0.3) is 5.70 Å². The van der Waals surface area contributed by atoms with Gasteiger partial charge in [0.05, 0.1) is 29.3 Å². The van der Waals surface area contributed by atoms with E-state index in [0.717, 1.165) is 22.4 Å². The summed E-state index contributed by atoms with van der Waals surface area (Å²) >= 11 is 5.95. The van der Waals surface area contributed by atoms with Crippen molar-refractivity contribution in [2.24, 2.45) is 11.8 Å². The first-order valence-electron chi connectivity index (χ1n) is 9.56.